The highest BCUT2D eigenvalue weighted by Gasteiger charge is 2.26. The fraction of sp³-hybridized carbons (Fsp3) is 0.235. The van der Waals surface area contributed by atoms with E-state index in [2.05, 4.69) is 5.32 Å². The number of piperidine rings is 1. The number of amides is 1. The number of carbonyl (C=O) groups excluding carboxylic acids is 2. The number of rotatable bonds is 7. The molecule has 1 amide bonds. The monoisotopic (exact) mass is 656 g/mol. The van der Waals surface area contributed by atoms with Gasteiger partial charge in [0.25, 0.3) is 11.5 Å². The van der Waals surface area contributed by atoms with E-state index in [0.29, 0.717) is 29.9 Å². The topological polar surface area (TPSA) is 139 Å². The molecule has 2 heterocycles. The summed E-state index contributed by atoms with van der Waals surface area (Å²) in [5.41, 5.74) is 2.83. The molecule has 4 aromatic rings. The highest BCUT2D eigenvalue weighted by molar-refractivity contribution is 7.89. The zero-order valence-electron chi connectivity index (χ0n) is 25.6. The first-order chi connectivity index (χ1) is 22.0. The largest absolute Gasteiger partial charge is 0.465 e. The molecule has 1 aliphatic heterocycles. The number of anilines is 1. The molecule has 12 heteroatoms. The number of nitrogens with zero attached hydrogens (tertiary/aromatic N) is 3. The molecule has 1 aromatic heterocycles. The summed E-state index contributed by atoms with van der Waals surface area (Å²) in [6.45, 7) is 4.72. The highest BCUT2D eigenvalue weighted by Crippen LogP contribution is 2.23. The van der Waals surface area contributed by atoms with E-state index in [1.165, 1.54) is 34.2 Å². The van der Waals surface area contributed by atoms with Crippen molar-refractivity contribution in [3.8, 4) is 11.8 Å². The van der Waals surface area contributed by atoms with Gasteiger partial charge in [-0.1, -0.05) is 30.7 Å². The van der Waals surface area contributed by atoms with Crippen LogP contribution in [0.1, 0.15) is 46.3 Å². The number of benzene rings is 3. The number of hydrogen-bond donors (Lipinski definition) is 1. The third-order valence-electron chi connectivity index (χ3n) is 7.80. The van der Waals surface area contributed by atoms with Crippen molar-refractivity contribution in [3.05, 3.63) is 109 Å². The van der Waals surface area contributed by atoms with Gasteiger partial charge in [-0.3, -0.25) is 14.2 Å². The Labute approximate surface area is 270 Å². The molecule has 0 aliphatic carbocycles. The molecule has 0 saturated carbocycles. The molecule has 236 valence electrons. The van der Waals surface area contributed by atoms with Gasteiger partial charge in [0.05, 0.1) is 27.8 Å². The molecule has 5 rings (SSSR count). The Morgan fingerprint density at radius 1 is 0.978 bits per heavy atom. The summed E-state index contributed by atoms with van der Waals surface area (Å²) < 4.78 is 34.4. The van der Waals surface area contributed by atoms with Crippen molar-refractivity contribution in [2.24, 2.45) is 0 Å². The van der Waals surface area contributed by atoms with Gasteiger partial charge in [0.15, 0.2) is 5.57 Å². The zero-order chi connectivity index (χ0) is 33.0. The van der Waals surface area contributed by atoms with Crippen LogP contribution < -0.4 is 20.1 Å². The summed E-state index contributed by atoms with van der Waals surface area (Å²) in [6, 6.07) is 19.8. The Hall–Kier alpha value is -4.83. The van der Waals surface area contributed by atoms with E-state index in [4.69, 9.17) is 4.74 Å². The van der Waals surface area contributed by atoms with Crippen molar-refractivity contribution in [3.63, 3.8) is 0 Å². The molecule has 0 bridgehead atoms. The molecule has 0 spiro atoms. The van der Waals surface area contributed by atoms with E-state index in [-0.39, 0.29) is 25.4 Å². The number of aromatic nitrogens is 1. The number of hydrogen-bond acceptors (Lipinski definition) is 8. The van der Waals surface area contributed by atoms with Crippen LogP contribution in [0.25, 0.3) is 17.3 Å². The summed E-state index contributed by atoms with van der Waals surface area (Å²) in [7, 11) is -2.46. The van der Waals surface area contributed by atoms with Crippen LogP contribution in [0.2, 0.25) is 0 Å². The third-order valence-corrected chi connectivity index (χ3v) is 10.8. The third kappa shape index (κ3) is 6.72. The molecule has 0 unspecified atom stereocenters. The molecule has 0 atom stereocenters. The molecule has 1 aliphatic rings. The molecule has 0 radical (unpaired) electrons. The maximum Gasteiger partial charge on any atom is 0.337 e. The minimum absolute atomic E-state index is 0.0453. The first-order valence-electron chi connectivity index (χ1n) is 14.6. The lowest BCUT2D eigenvalue weighted by atomic mass is 10.1. The lowest BCUT2D eigenvalue weighted by Crippen LogP contribution is -2.35. The van der Waals surface area contributed by atoms with Gasteiger partial charge in [-0.05, 0) is 91.9 Å². The van der Waals surface area contributed by atoms with Crippen LogP contribution >= 0.6 is 11.3 Å². The van der Waals surface area contributed by atoms with Crippen molar-refractivity contribution < 1.29 is 22.7 Å². The maximum atomic E-state index is 13.9. The molecule has 3 aromatic carbocycles. The predicted octanol–water partition coefficient (Wildman–Crippen LogP) is 3.62. The van der Waals surface area contributed by atoms with E-state index < -0.39 is 27.5 Å². The lowest BCUT2D eigenvalue weighted by Gasteiger charge is -2.26. The first-order valence-corrected chi connectivity index (χ1v) is 16.8. The summed E-state index contributed by atoms with van der Waals surface area (Å²) in [5.74, 6) is -1.28. The minimum atomic E-state index is -3.75. The summed E-state index contributed by atoms with van der Waals surface area (Å²) in [6.07, 6.45) is 4.18. The molecule has 1 fully saturated rings. The summed E-state index contributed by atoms with van der Waals surface area (Å²) in [5, 5.41) is 12.9. The van der Waals surface area contributed by atoms with E-state index in [0.717, 1.165) is 41.7 Å². The Kier molecular flexibility index (Phi) is 9.67. The Bertz CT molecular complexity index is 2150. The first kappa shape index (κ1) is 32.6. The van der Waals surface area contributed by atoms with Crippen LogP contribution in [-0.2, 0) is 19.6 Å². The van der Waals surface area contributed by atoms with Gasteiger partial charge < -0.3 is 10.1 Å². The highest BCUT2D eigenvalue weighted by atomic mass is 32.2. The van der Waals surface area contributed by atoms with Crippen molar-refractivity contribution >= 4 is 50.6 Å². The average Bonchev–Trinajstić information content (AvgIpc) is 3.37. The van der Waals surface area contributed by atoms with E-state index in [1.807, 2.05) is 32.0 Å². The normalized spacial score (nSPS) is 14.8. The van der Waals surface area contributed by atoms with E-state index in [9.17, 15) is 28.1 Å². The Morgan fingerprint density at radius 2 is 1.70 bits per heavy atom. The van der Waals surface area contributed by atoms with Crippen LogP contribution in [0, 0.1) is 25.2 Å². The van der Waals surface area contributed by atoms with Crippen LogP contribution in [0.3, 0.4) is 0 Å². The smallest absolute Gasteiger partial charge is 0.337 e. The van der Waals surface area contributed by atoms with Crippen LogP contribution in [0.15, 0.2) is 76.4 Å². The quantitative estimate of drug-likeness (QED) is 0.300. The predicted molar refractivity (Wildman–Crippen MR) is 177 cm³/mol. The second-order valence-electron chi connectivity index (χ2n) is 10.9. The van der Waals surface area contributed by atoms with Gasteiger partial charge in [0.2, 0.25) is 10.0 Å². The number of sulfonamides is 1. The number of ether oxygens (including phenoxy) is 1. The molecule has 1 N–H and O–H groups in total. The van der Waals surface area contributed by atoms with Crippen LogP contribution in [0.5, 0.6) is 0 Å². The second kappa shape index (κ2) is 13.7. The number of esters is 1. The van der Waals surface area contributed by atoms with E-state index in [1.54, 1.807) is 42.5 Å². The standard InChI is InChI=1S/C34H32N4O6S2/c1-22-10-15-27(18-23(22)2)38-32(40)30(19-24-11-13-25(14-12-24)34(41)44-3)45-33(38)29(21-35)31(39)36-26-8-7-9-28(20-26)46(42,43)37-16-5-4-6-17-37/h7-15,18-20H,4-6,16-17H2,1-3H3,(H,36,39)/b30-19-,33-29-. The van der Waals surface area contributed by atoms with Gasteiger partial charge in [0.1, 0.15) is 10.7 Å². The number of carbonyl (C=O) groups is 2. The summed E-state index contributed by atoms with van der Waals surface area (Å²) >= 11 is 0.979. The fourth-order valence-corrected chi connectivity index (χ4v) is 7.78. The SMILES string of the molecule is COC(=O)c1ccc(/C=c2\s/c(=C(/C#N)C(=O)Nc3cccc(S(=O)(=O)N4CCCCC4)c3)n(-c3ccc(C)c(C)c3)c2=O)cc1. The van der Waals surface area contributed by atoms with E-state index >= 15 is 0 Å². The van der Waals surface area contributed by atoms with Crippen molar-refractivity contribution in [1.29, 1.82) is 5.26 Å². The maximum absolute atomic E-state index is 13.9. The van der Waals surface area contributed by atoms with Gasteiger partial charge in [-0.25, -0.2) is 13.2 Å². The number of thiazole rings is 1. The second-order valence-corrected chi connectivity index (χ2v) is 13.8. The lowest BCUT2D eigenvalue weighted by molar-refractivity contribution is -0.111. The van der Waals surface area contributed by atoms with Crippen LogP contribution in [0.4, 0.5) is 5.69 Å². The van der Waals surface area contributed by atoms with Gasteiger partial charge in [-0.15, -0.1) is 11.3 Å². The minimum Gasteiger partial charge on any atom is -0.465 e. The van der Waals surface area contributed by atoms with Crippen molar-refractivity contribution in [2.75, 3.05) is 25.5 Å². The zero-order valence-corrected chi connectivity index (χ0v) is 27.2. The molecular formula is C34H32N4O6S2. The van der Waals surface area contributed by atoms with Gasteiger partial charge in [-0.2, -0.15) is 9.57 Å². The van der Waals surface area contributed by atoms with Crippen LogP contribution in [-0.4, -0.2) is 49.4 Å². The Balaban J connectivity index is 1.60. The molecule has 10 nitrogen and oxygen atoms in total. The number of aryl methyl sites for hydroxylation is 2. The molecule has 1 saturated heterocycles. The number of nitriles is 1. The summed E-state index contributed by atoms with van der Waals surface area (Å²) in [4.78, 5) is 39.4. The number of methoxy groups -OCH3 is 1. The van der Waals surface area contributed by atoms with Crippen molar-refractivity contribution in [2.45, 2.75) is 38.0 Å². The Morgan fingerprint density at radius 3 is 2.35 bits per heavy atom. The average molecular weight is 657 g/mol. The van der Waals surface area contributed by atoms with Crippen molar-refractivity contribution in [1.82, 2.24) is 8.87 Å². The number of nitrogens with one attached hydrogen (secondary N) is 1. The fourth-order valence-electron chi connectivity index (χ4n) is 5.11. The van der Waals surface area contributed by atoms with Gasteiger partial charge >= 0.3 is 5.97 Å². The van der Waals surface area contributed by atoms with Gasteiger partial charge in [0, 0.05) is 18.8 Å². The molecule has 46 heavy (non-hydrogen) atoms. The molecular weight excluding hydrogens is 625 g/mol.